The van der Waals surface area contributed by atoms with E-state index in [9.17, 15) is 0 Å². The molecule has 1 aromatic heterocycles. The van der Waals surface area contributed by atoms with E-state index in [1.54, 1.807) is 0 Å². The Morgan fingerprint density at radius 2 is 2.33 bits per heavy atom. The van der Waals surface area contributed by atoms with Crippen molar-refractivity contribution in [3.05, 3.63) is 35.2 Å². The molecule has 2 rings (SSSR count). The molecule has 1 aliphatic carbocycles. The Kier molecular flexibility index (Phi) is 1.72. The summed E-state index contributed by atoms with van der Waals surface area (Å²) in [5.74, 6) is 0. The molecule has 0 spiro atoms. The van der Waals surface area contributed by atoms with Crippen molar-refractivity contribution in [2.75, 3.05) is 0 Å². The van der Waals surface area contributed by atoms with E-state index in [4.69, 9.17) is 0 Å². The third kappa shape index (κ3) is 1.06. The van der Waals surface area contributed by atoms with E-state index in [2.05, 4.69) is 42.8 Å². The number of pyridine rings is 1. The normalized spacial score (nSPS) is 13.5. The highest BCUT2D eigenvalue weighted by atomic mass is 14.9. The van der Waals surface area contributed by atoms with E-state index in [0.29, 0.717) is 0 Å². The lowest BCUT2D eigenvalue weighted by atomic mass is 10.1. The SMILES string of the molecule is CC[n+]1cc2c(cc1C)C=CC2. The third-order valence-corrected chi connectivity index (χ3v) is 2.48. The van der Waals surface area contributed by atoms with Crippen molar-refractivity contribution in [2.45, 2.75) is 26.8 Å². The zero-order chi connectivity index (χ0) is 8.55. The van der Waals surface area contributed by atoms with Crippen molar-refractivity contribution in [3.63, 3.8) is 0 Å². The van der Waals surface area contributed by atoms with Crippen LogP contribution in [0.15, 0.2) is 18.3 Å². The van der Waals surface area contributed by atoms with Gasteiger partial charge in [0.15, 0.2) is 11.9 Å². The Hall–Kier alpha value is -1.11. The van der Waals surface area contributed by atoms with Crippen LogP contribution in [0.1, 0.15) is 23.7 Å². The van der Waals surface area contributed by atoms with Gasteiger partial charge in [0.1, 0.15) is 6.54 Å². The largest absolute Gasteiger partial charge is 0.203 e. The molecule has 12 heavy (non-hydrogen) atoms. The highest BCUT2D eigenvalue weighted by Crippen LogP contribution is 2.17. The van der Waals surface area contributed by atoms with Crippen LogP contribution < -0.4 is 4.57 Å². The molecule has 1 aromatic rings. The van der Waals surface area contributed by atoms with Crippen LogP contribution >= 0.6 is 0 Å². The number of hydrogen-bond donors (Lipinski definition) is 0. The molecule has 0 aromatic carbocycles. The highest BCUT2D eigenvalue weighted by Gasteiger charge is 2.12. The second kappa shape index (κ2) is 2.74. The standard InChI is InChI=1S/C11H14N/c1-3-12-8-11-6-4-5-10(11)7-9(12)2/h4-5,7-8H,3,6H2,1-2H3/q+1. The van der Waals surface area contributed by atoms with Gasteiger partial charge in [0.25, 0.3) is 0 Å². The summed E-state index contributed by atoms with van der Waals surface area (Å²) in [5.41, 5.74) is 4.21. The number of aromatic nitrogens is 1. The van der Waals surface area contributed by atoms with E-state index < -0.39 is 0 Å². The van der Waals surface area contributed by atoms with Gasteiger partial charge in [-0.05, 0) is 18.9 Å². The predicted octanol–water partition coefficient (Wildman–Crippen LogP) is 1.87. The molecular formula is C11H14N+. The van der Waals surface area contributed by atoms with E-state index in [-0.39, 0.29) is 0 Å². The average Bonchev–Trinajstić information content (AvgIpc) is 2.49. The minimum atomic E-state index is 1.07. The minimum Gasteiger partial charge on any atom is -0.203 e. The van der Waals surface area contributed by atoms with Gasteiger partial charge in [-0.15, -0.1) is 0 Å². The van der Waals surface area contributed by atoms with Crippen LogP contribution in [-0.4, -0.2) is 0 Å². The molecule has 62 valence electrons. The summed E-state index contributed by atoms with van der Waals surface area (Å²) in [6.45, 7) is 5.41. The predicted molar refractivity (Wildman–Crippen MR) is 49.8 cm³/mol. The Labute approximate surface area is 73.4 Å². The molecule has 0 aliphatic heterocycles. The maximum absolute atomic E-state index is 2.30. The van der Waals surface area contributed by atoms with Crippen LogP contribution in [0.5, 0.6) is 0 Å². The van der Waals surface area contributed by atoms with Crippen LogP contribution in [0.3, 0.4) is 0 Å². The second-order valence-corrected chi connectivity index (χ2v) is 3.29. The van der Waals surface area contributed by atoms with Gasteiger partial charge in [0.2, 0.25) is 0 Å². The summed E-state index contributed by atoms with van der Waals surface area (Å²) < 4.78 is 2.30. The number of nitrogens with zero attached hydrogens (tertiary/aromatic N) is 1. The molecule has 0 fully saturated rings. The molecule has 1 nitrogen and oxygen atoms in total. The molecule has 0 unspecified atom stereocenters. The molecule has 0 N–H and O–H groups in total. The van der Waals surface area contributed by atoms with Gasteiger partial charge < -0.3 is 0 Å². The summed E-state index contributed by atoms with van der Waals surface area (Å²) in [6, 6.07) is 2.27. The van der Waals surface area contributed by atoms with Crippen LogP contribution in [0.4, 0.5) is 0 Å². The Bertz CT molecular complexity index is 336. The Morgan fingerprint density at radius 1 is 1.50 bits per heavy atom. The van der Waals surface area contributed by atoms with Gasteiger partial charge in [-0.2, -0.15) is 0 Å². The van der Waals surface area contributed by atoms with E-state index >= 15 is 0 Å². The lowest BCUT2D eigenvalue weighted by Crippen LogP contribution is -2.36. The topological polar surface area (TPSA) is 3.88 Å². The van der Waals surface area contributed by atoms with Gasteiger partial charge in [-0.1, -0.05) is 12.2 Å². The first kappa shape index (κ1) is 7.53. The van der Waals surface area contributed by atoms with Crippen molar-refractivity contribution in [1.82, 2.24) is 0 Å². The fraction of sp³-hybridized carbons (Fsp3) is 0.364. The summed E-state index contributed by atoms with van der Waals surface area (Å²) in [4.78, 5) is 0. The molecule has 1 heteroatoms. The van der Waals surface area contributed by atoms with Crippen LogP contribution in [0.25, 0.3) is 6.08 Å². The van der Waals surface area contributed by atoms with Crippen molar-refractivity contribution < 1.29 is 4.57 Å². The molecule has 0 saturated carbocycles. The summed E-state index contributed by atoms with van der Waals surface area (Å²) in [5, 5.41) is 0. The Morgan fingerprint density at radius 3 is 3.08 bits per heavy atom. The molecule has 0 saturated heterocycles. The van der Waals surface area contributed by atoms with Gasteiger partial charge in [0, 0.05) is 18.6 Å². The number of fused-ring (bicyclic) bond motifs is 1. The van der Waals surface area contributed by atoms with E-state index in [0.717, 1.165) is 13.0 Å². The van der Waals surface area contributed by atoms with Gasteiger partial charge >= 0.3 is 0 Å². The van der Waals surface area contributed by atoms with Crippen LogP contribution in [0, 0.1) is 6.92 Å². The fourth-order valence-corrected chi connectivity index (χ4v) is 1.74. The first-order valence-corrected chi connectivity index (χ1v) is 4.50. The lowest BCUT2D eigenvalue weighted by Gasteiger charge is -2.00. The Balaban J connectivity index is 2.54. The quantitative estimate of drug-likeness (QED) is 0.552. The maximum atomic E-state index is 2.30. The second-order valence-electron chi connectivity index (χ2n) is 3.29. The van der Waals surface area contributed by atoms with E-state index in [1.807, 2.05) is 0 Å². The van der Waals surface area contributed by atoms with Gasteiger partial charge in [-0.3, -0.25) is 0 Å². The van der Waals surface area contributed by atoms with Crippen molar-refractivity contribution in [2.24, 2.45) is 0 Å². The smallest absolute Gasteiger partial charge is 0.178 e. The molecule has 0 radical (unpaired) electrons. The van der Waals surface area contributed by atoms with E-state index in [1.165, 1.54) is 16.8 Å². The van der Waals surface area contributed by atoms with Crippen LogP contribution in [-0.2, 0) is 13.0 Å². The van der Waals surface area contributed by atoms with Gasteiger partial charge in [-0.25, -0.2) is 4.57 Å². The number of aryl methyl sites for hydroxylation is 2. The monoisotopic (exact) mass is 160 g/mol. The summed E-state index contributed by atoms with van der Waals surface area (Å²) >= 11 is 0. The van der Waals surface area contributed by atoms with Gasteiger partial charge in [0.05, 0.1) is 0 Å². The minimum absolute atomic E-state index is 1.07. The number of allylic oxidation sites excluding steroid dienone is 1. The molecule has 1 aliphatic rings. The van der Waals surface area contributed by atoms with Crippen molar-refractivity contribution in [3.8, 4) is 0 Å². The molecule has 0 amide bonds. The third-order valence-electron chi connectivity index (χ3n) is 2.48. The summed E-state index contributed by atoms with van der Waals surface area (Å²) in [6.07, 6.45) is 7.81. The molecule has 0 bridgehead atoms. The number of rotatable bonds is 1. The fourth-order valence-electron chi connectivity index (χ4n) is 1.74. The molecule has 0 atom stereocenters. The zero-order valence-corrected chi connectivity index (χ0v) is 7.67. The lowest BCUT2D eigenvalue weighted by molar-refractivity contribution is -0.699. The molecular weight excluding hydrogens is 146 g/mol. The first-order chi connectivity index (χ1) is 5.81. The zero-order valence-electron chi connectivity index (χ0n) is 7.67. The highest BCUT2D eigenvalue weighted by molar-refractivity contribution is 5.58. The number of hydrogen-bond acceptors (Lipinski definition) is 0. The average molecular weight is 160 g/mol. The first-order valence-electron chi connectivity index (χ1n) is 4.50. The molecule has 1 heterocycles. The van der Waals surface area contributed by atoms with Crippen molar-refractivity contribution in [1.29, 1.82) is 0 Å². The van der Waals surface area contributed by atoms with Crippen LogP contribution in [0.2, 0.25) is 0 Å². The van der Waals surface area contributed by atoms with Crippen molar-refractivity contribution >= 4 is 6.08 Å². The summed E-state index contributed by atoms with van der Waals surface area (Å²) in [7, 11) is 0. The maximum Gasteiger partial charge on any atom is 0.178 e.